The predicted molar refractivity (Wildman–Crippen MR) is 200 cm³/mol. The number of carbonyl (C=O) groups excluding carboxylic acids is 2. The summed E-state index contributed by atoms with van der Waals surface area (Å²) < 4.78 is 2.16. The monoisotopic (exact) mass is 694 g/mol. The van der Waals surface area contributed by atoms with E-state index in [2.05, 4.69) is 52.4 Å². The Morgan fingerprint density at radius 3 is 2.16 bits per heavy atom. The lowest BCUT2D eigenvalue weighted by molar-refractivity contribution is -0.128. The molecule has 0 spiro atoms. The van der Waals surface area contributed by atoms with Gasteiger partial charge in [-0.25, -0.2) is 0 Å². The average molecular weight is 695 g/mol. The van der Waals surface area contributed by atoms with Crippen molar-refractivity contribution in [2.24, 2.45) is 28.0 Å². The molecule has 3 aromatic rings. The van der Waals surface area contributed by atoms with Gasteiger partial charge in [-0.05, 0) is 123 Å². The summed E-state index contributed by atoms with van der Waals surface area (Å²) in [6.07, 6.45) is 19.1. The normalized spacial score (nSPS) is 22.3. The number of nitrogens with one attached hydrogen (secondary N) is 3. The molecule has 2 amide bonds. The number of unbranched alkanes of at least 4 members (excludes halogenated alkanes) is 7. The second-order valence-corrected chi connectivity index (χ2v) is 15.5. The lowest BCUT2D eigenvalue weighted by Crippen LogP contribution is -2.63. The lowest BCUT2D eigenvalue weighted by Gasteiger charge is -2.57. The molecule has 2 heterocycles. The number of hydrogen-bond acceptors (Lipinski definition) is 4. The van der Waals surface area contributed by atoms with Gasteiger partial charge in [0.05, 0.1) is 0 Å². The van der Waals surface area contributed by atoms with Gasteiger partial charge < -0.3 is 20.2 Å². The van der Waals surface area contributed by atoms with E-state index in [1.807, 2.05) is 30.5 Å². The molecule has 4 fully saturated rings. The number of azide groups is 2. The minimum atomic E-state index is -0.706. The summed E-state index contributed by atoms with van der Waals surface area (Å²) in [4.78, 5) is 37.6. The summed E-state index contributed by atoms with van der Waals surface area (Å²) in [5.74, 6) is 1.83. The Balaban J connectivity index is 1.16. The molecule has 1 aromatic carbocycles. The van der Waals surface area contributed by atoms with Gasteiger partial charge in [-0.3, -0.25) is 9.59 Å². The van der Waals surface area contributed by atoms with Crippen molar-refractivity contribution in [2.45, 2.75) is 127 Å². The first kappa shape index (κ1) is 36.4. The van der Waals surface area contributed by atoms with Crippen LogP contribution in [0.4, 0.5) is 0 Å². The SMILES string of the molecule is [N-]=[N+]=NCCCCCCCc1ccc(C(=O)N[C@@H](Cc2c[nH]c3ccccc23)C(=O)NC23CC4CC(CC(C4)C2)C3)n1CCCCCCN=[N+]=[N-]. The van der Waals surface area contributed by atoms with Gasteiger partial charge in [-0.2, -0.15) is 0 Å². The fourth-order valence-corrected chi connectivity index (χ4v) is 9.68. The molecule has 4 bridgehead atoms. The van der Waals surface area contributed by atoms with Gasteiger partial charge in [-0.1, -0.05) is 60.5 Å². The average Bonchev–Trinajstić information content (AvgIpc) is 3.71. The van der Waals surface area contributed by atoms with Crippen LogP contribution in [-0.2, 0) is 24.2 Å². The first-order valence-electron chi connectivity index (χ1n) is 19.3. The zero-order valence-corrected chi connectivity index (χ0v) is 29.9. The Hall–Kier alpha value is -4.40. The van der Waals surface area contributed by atoms with E-state index in [-0.39, 0.29) is 17.4 Å². The number of amides is 2. The zero-order valence-electron chi connectivity index (χ0n) is 29.9. The van der Waals surface area contributed by atoms with Gasteiger partial charge in [0.25, 0.3) is 5.91 Å². The van der Waals surface area contributed by atoms with Crippen molar-refractivity contribution in [3.05, 3.63) is 80.4 Å². The Kier molecular flexibility index (Phi) is 12.6. The number of para-hydroxylation sites is 1. The Bertz CT molecular complexity index is 1690. The van der Waals surface area contributed by atoms with Crippen LogP contribution in [0.15, 0.2) is 52.8 Å². The van der Waals surface area contributed by atoms with Crippen molar-refractivity contribution in [3.63, 3.8) is 0 Å². The minimum Gasteiger partial charge on any atom is -0.361 e. The van der Waals surface area contributed by atoms with Crippen LogP contribution in [0, 0.1) is 17.8 Å². The molecule has 7 rings (SSSR count). The second-order valence-electron chi connectivity index (χ2n) is 15.5. The number of fused-ring (bicyclic) bond motifs is 1. The molecule has 1 atom stereocenters. The molecule has 12 nitrogen and oxygen atoms in total. The maximum absolute atomic E-state index is 14.4. The highest BCUT2D eigenvalue weighted by Crippen LogP contribution is 2.55. The maximum atomic E-state index is 14.4. The first-order valence-corrected chi connectivity index (χ1v) is 19.3. The first-order chi connectivity index (χ1) is 25.0. The quantitative estimate of drug-likeness (QED) is 0.0437. The molecular weight excluding hydrogens is 640 g/mol. The highest BCUT2D eigenvalue weighted by Gasteiger charge is 2.52. The molecule has 0 radical (unpaired) electrons. The number of nitrogens with zero attached hydrogens (tertiary/aromatic N) is 7. The third-order valence-electron chi connectivity index (χ3n) is 11.7. The van der Waals surface area contributed by atoms with Crippen LogP contribution < -0.4 is 10.6 Å². The highest BCUT2D eigenvalue weighted by molar-refractivity contribution is 5.97. The number of aryl methyl sites for hydroxylation is 1. The van der Waals surface area contributed by atoms with Crippen molar-refractivity contribution in [3.8, 4) is 0 Å². The standard InChI is InChI=1S/C39H54N10O2/c40-47-43-17-9-3-1-2-6-12-32-15-16-36(49(32)19-11-5-4-10-18-44-48-41)38(51)45-35(23-31-27-42-34-14-8-7-13-33(31)34)37(50)46-39-24-28-20-29(25-39)22-30(21-28)26-39/h7-8,13-16,27-30,35,42H,1-6,9-12,17-26H2,(H,45,51)(H,46,50)/t28?,29?,30?,35-,39?/m0/s1. The van der Waals surface area contributed by atoms with Crippen molar-refractivity contribution in [1.29, 1.82) is 0 Å². The molecule has 0 saturated heterocycles. The van der Waals surface area contributed by atoms with Gasteiger partial charge in [0.2, 0.25) is 5.91 Å². The lowest BCUT2D eigenvalue weighted by atomic mass is 9.53. The molecule has 3 N–H and O–H groups in total. The van der Waals surface area contributed by atoms with Gasteiger partial charge >= 0.3 is 0 Å². The summed E-state index contributed by atoms with van der Waals surface area (Å²) in [7, 11) is 0. The summed E-state index contributed by atoms with van der Waals surface area (Å²) in [6.45, 7) is 1.76. The summed E-state index contributed by atoms with van der Waals surface area (Å²) >= 11 is 0. The molecule has 272 valence electrons. The molecule has 2 aromatic heterocycles. The minimum absolute atomic E-state index is 0.0746. The smallest absolute Gasteiger partial charge is 0.268 e. The number of hydrogen-bond donors (Lipinski definition) is 3. The molecule has 0 aliphatic heterocycles. The number of carbonyl (C=O) groups is 2. The van der Waals surface area contributed by atoms with Crippen molar-refractivity contribution < 1.29 is 9.59 Å². The van der Waals surface area contributed by atoms with Crippen LogP contribution in [0.1, 0.15) is 118 Å². The van der Waals surface area contributed by atoms with Gasteiger partial charge in [0.1, 0.15) is 11.7 Å². The third kappa shape index (κ3) is 9.48. The molecule has 4 aliphatic rings. The van der Waals surface area contributed by atoms with E-state index in [0.717, 1.165) is 106 Å². The third-order valence-corrected chi connectivity index (χ3v) is 11.7. The van der Waals surface area contributed by atoms with Gasteiger partial charge in [-0.15, -0.1) is 0 Å². The van der Waals surface area contributed by atoms with E-state index >= 15 is 0 Å². The number of H-pyrrole nitrogens is 1. The van der Waals surface area contributed by atoms with Crippen LogP contribution in [0.3, 0.4) is 0 Å². The second kappa shape index (κ2) is 17.7. The van der Waals surface area contributed by atoms with E-state index in [1.54, 1.807) is 0 Å². The molecule has 4 aliphatic carbocycles. The molecule has 51 heavy (non-hydrogen) atoms. The van der Waals surface area contributed by atoms with Crippen LogP contribution in [0.2, 0.25) is 0 Å². The number of aromatic nitrogens is 2. The Labute approximate surface area is 300 Å². The van der Waals surface area contributed by atoms with Gasteiger partial charge in [0.15, 0.2) is 0 Å². The van der Waals surface area contributed by atoms with E-state index < -0.39 is 6.04 Å². The van der Waals surface area contributed by atoms with E-state index in [9.17, 15) is 9.59 Å². The fourth-order valence-electron chi connectivity index (χ4n) is 9.68. The summed E-state index contributed by atoms with van der Waals surface area (Å²) in [5.41, 5.74) is 20.7. The van der Waals surface area contributed by atoms with Crippen LogP contribution in [0.25, 0.3) is 31.8 Å². The van der Waals surface area contributed by atoms with Crippen molar-refractivity contribution in [2.75, 3.05) is 13.1 Å². The van der Waals surface area contributed by atoms with Crippen LogP contribution >= 0.6 is 0 Å². The van der Waals surface area contributed by atoms with Crippen molar-refractivity contribution >= 4 is 22.7 Å². The van der Waals surface area contributed by atoms with Crippen LogP contribution in [0.5, 0.6) is 0 Å². The molecular formula is C39H54N10O2. The van der Waals surface area contributed by atoms with E-state index in [0.29, 0.717) is 49.5 Å². The van der Waals surface area contributed by atoms with E-state index in [1.165, 1.54) is 19.3 Å². The van der Waals surface area contributed by atoms with Gasteiger partial charge in [0, 0.05) is 64.2 Å². The Morgan fingerprint density at radius 1 is 0.843 bits per heavy atom. The fraction of sp³-hybridized carbons (Fsp3) is 0.641. The number of benzene rings is 1. The molecule has 12 heteroatoms. The van der Waals surface area contributed by atoms with E-state index in [4.69, 9.17) is 11.1 Å². The Morgan fingerprint density at radius 2 is 1.47 bits per heavy atom. The number of rotatable bonds is 21. The largest absolute Gasteiger partial charge is 0.361 e. The summed E-state index contributed by atoms with van der Waals surface area (Å²) in [6, 6.07) is 11.4. The number of aromatic amines is 1. The van der Waals surface area contributed by atoms with Crippen molar-refractivity contribution in [1.82, 2.24) is 20.2 Å². The zero-order chi connectivity index (χ0) is 35.5. The van der Waals surface area contributed by atoms with Crippen LogP contribution in [-0.4, -0.2) is 46.0 Å². The summed E-state index contributed by atoms with van der Waals surface area (Å²) in [5, 5.41) is 15.1. The molecule has 4 saturated carbocycles. The molecule has 0 unspecified atom stereocenters. The highest BCUT2D eigenvalue weighted by atomic mass is 16.2. The maximum Gasteiger partial charge on any atom is 0.268 e. The topological polar surface area (TPSA) is 176 Å². The predicted octanol–water partition coefficient (Wildman–Crippen LogP) is 9.07.